The smallest absolute Gasteiger partial charge is 0.269 e. The van der Waals surface area contributed by atoms with E-state index in [4.69, 9.17) is 0 Å². The molecule has 8 nitrogen and oxygen atoms in total. The van der Waals surface area contributed by atoms with Crippen LogP contribution in [0.15, 0.2) is 47.4 Å². The van der Waals surface area contributed by atoms with Crippen LogP contribution in [0.1, 0.15) is 44.7 Å². The van der Waals surface area contributed by atoms with Crippen molar-refractivity contribution < 1.29 is 22.8 Å². The van der Waals surface area contributed by atoms with E-state index in [0.29, 0.717) is 5.56 Å². The Morgan fingerprint density at radius 3 is 2.30 bits per heavy atom. The largest absolute Gasteiger partial charge is 0.294 e. The van der Waals surface area contributed by atoms with Crippen molar-refractivity contribution in [3.8, 4) is 0 Å². The van der Waals surface area contributed by atoms with E-state index in [2.05, 4.69) is 10.9 Å². The van der Waals surface area contributed by atoms with Gasteiger partial charge < -0.3 is 0 Å². The summed E-state index contributed by atoms with van der Waals surface area (Å²) in [5.74, 6) is -1.35. The predicted molar refractivity (Wildman–Crippen MR) is 112 cm³/mol. The third-order valence-electron chi connectivity index (χ3n) is 4.46. The van der Waals surface area contributed by atoms with E-state index < -0.39 is 21.8 Å². The number of benzene rings is 2. The normalized spacial score (nSPS) is 11.2. The zero-order valence-corrected chi connectivity index (χ0v) is 18.2. The second-order valence-corrected chi connectivity index (χ2v) is 9.21. The van der Waals surface area contributed by atoms with Crippen LogP contribution in [0.3, 0.4) is 0 Å². The van der Waals surface area contributed by atoms with E-state index in [-0.39, 0.29) is 29.1 Å². The quantitative estimate of drug-likeness (QED) is 0.514. The molecule has 0 aliphatic rings. The molecule has 0 saturated heterocycles. The molecule has 0 atom stereocenters. The van der Waals surface area contributed by atoms with Crippen molar-refractivity contribution in [1.82, 2.24) is 15.2 Å². The van der Waals surface area contributed by atoms with Gasteiger partial charge in [0.15, 0.2) is 5.78 Å². The van der Waals surface area contributed by atoms with Crippen LogP contribution in [-0.2, 0) is 14.8 Å². The molecule has 0 unspecified atom stereocenters. The highest BCUT2D eigenvalue weighted by Gasteiger charge is 2.19. The Morgan fingerprint density at radius 1 is 0.933 bits per heavy atom. The lowest BCUT2D eigenvalue weighted by Gasteiger charge is -2.12. The number of hydrogen-bond donors (Lipinski definition) is 2. The second-order valence-electron chi connectivity index (χ2n) is 7.06. The number of sulfonamides is 1. The maximum atomic E-state index is 12.3. The van der Waals surface area contributed by atoms with E-state index in [1.165, 1.54) is 38.4 Å². The molecule has 160 valence electrons. The molecule has 2 rings (SSSR count). The SMILES string of the molecule is Cc1ccc(C)c(C(=O)CCC(=O)NNC(=O)c2cccc(S(=O)(=O)N(C)C)c2)c1. The average molecular weight is 432 g/mol. The lowest BCUT2D eigenvalue weighted by molar-refractivity contribution is -0.121. The monoisotopic (exact) mass is 431 g/mol. The van der Waals surface area contributed by atoms with Crippen molar-refractivity contribution >= 4 is 27.6 Å². The molecule has 0 spiro atoms. The van der Waals surface area contributed by atoms with Gasteiger partial charge >= 0.3 is 0 Å². The molecule has 0 saturated carbocycles. The van der Waals surface area contributed by atoms with Gasteiger partial charge in [-0.05, 0) is 43.7 Å². The van der Waals surface area contributed by atoms with Crippen molar-refractivity contribution in [2.75, 3.05) is 14.1 Å². The minimum Gasteiger partial charge on any atom is -0.294 e. The van der Waals surface area contributed by atoms with Crippen LogP contribution in [0.25, 0.3) is 0 Å². The zero-order valence-electron chi connectivity index (χ0n) is 17.4. The number of carbonyl (C=O) groups excluding carboxylic acids is 3. The van der Waals surface area contributed by atoms with E-state index in [1.54, 1.807) is 6.07 Å². The van der Waals surface area contributed by atoms with Crippen molar-refractivity contribution in [2.45, 2.75) is 31.6 Å². The molecule has 0 aromatic heterocycles. The fraction of sp³-hybridized carbons (Fsp3) is 0.286. The first-order valence-corrected chi connectivity index (χ1v) is 10.7. The molecule has 0 aliphatic carbocycles. The number of nitrogens with one attached hydrogen (secondary N) is 2. The van der Waals surface area contributed by atoms with Crippen molar-refractivity contribution in [3.05, 3.63) is 64.7 Å². The highest BCUT2D eigenvalue weighted by Crippen LogP contribution is 2.15. The first-order chi connectivity index (χ1) is 14.0. The highest BCUT2D eigenvalue weighted by molar-refractivity contribution is 7.89. The molecule has 0 heterocycles. The Labute approximate surface area is 176 Å². The zero-order chi connectivity index (χ0) is 22.5. The summed E-state index contributed by atoms with van der Waals surface area (Å²) in [5, 5.41) is 0. The Bertz CT molecular complexity index is 1080. The maximum Gasteiger partial charge on any atom is 0.269 e. The number of nitrogens with zero attached hydrogens (tertiary/aromatic N) is 1. The fourth-order valence-electron chi connectivity index (χ4n) is 2.67. The molecule has 0 fully saturated rings. The van der Waals surface area contributed by atoms with Crippen LogP contribution in [0, 0.1) is 13.8 Å². The molecule has 0 radical (unpaired) electrons. The minimum absolute atomic E-state index is 0.00254. The number of rotatable bonds is 7. The molecule has 2 aromatic carbocycles. The number of hydrazine groups is 1. The first-order valence-electron chi connectivity index (χ1n) is 9.24. The van der Waals surface area contributed by atoms with E-state index >= 15 is 0 Å². The van der Waals surface area contributed by atoms with Gasteiger partial charge in [0.25, 0.3) is 5.91 Å². The van der Waals surface area contributed by atoms with Crippen LogP contribution in [0.2, 0.25) is 0 Å². The summed E-state index contributed by atoms with van der Waals surface area (Å²) in [7, 11) is -0.905. The molecule has 0 aliphatic heterocycles. The molecule has 2 aromatic rings. The predicted octanol–water partition coefficient (Wildman–Crippen LogP) is 1.98. The fourth-order valence-corrected chi connectivity index (χ4v) is 3.62. The van der Waals surface area contributed by atoms with Gasteiger partial charge in [-0.25, -0.2) is 12.7 Å². The van der Waals surface area contributed by atoms with Gasteiger partial charge in [0.2, 0.25) is 15.9 Å². The minimum atomic E-state index is -3.69. The Kier molecular flexibility index (Phi) is 7.47. The molecule has 30 heavy (non-hydrogen) atoms. The molecular weight excluding hydrogens is 406 g/mol. The van der Waals surface area contributed by atoms with Gasteiger partial charge in [-0.1, -0.05) is 23.8 Å². The molecular formula is C21H25N3O5S. The number of hydrogen-bond acceptors (Lipinski definition) is 5. The average Bonchev–Trinajstić information content (AvgIpc) is 2.71. The third-order valence-corrected chi connectivity index (χ3v) is 6.27. The number of aryl methyl sites for hydroxylation is 2. The van der Waals surface area contributed by atoms with E-state index in [9.17, 15) is 22.8 Å². The van der Waals surface area contributed by atoms with E-state index in [0.717, 1.165) is 15.4 Å². The van der Waals surface area contributed by atoms with Gasteiger partial charge in [0.1, 0.15) is 0 Å². The van der Waals surface area contributed by atoms with Crippen LogP contribution in [-0.4, -0.2) is 44.4 Å². The summed E-state index contributed by atoms with van der Waals surface area (Å²) in [6, 6.07) is 11.0. The number of carbonyl (C=O) groups is 3. The summed E-state index contributed by atoms with van der Waals surface area (Å²) in [4.78, 5) is 36.5. The van der Waals surface area contributed by atoms with Gasteiger partial charge in [-0.15, -0.1) is 0 Å². The summed E-state index contributed by atoms with van der Waals surface area (Å²) in [5.41, 5.74) is 6.92. The second kappa shape index (κ2) is 9.64. The van der Waals surface area contributed by atoms with Gasteiger partial charge in [0.05, 0.1) is 4.90 Å². The molecule has 2 amide bonds. The van der Waals surface area contributed by atoms with E-state index in [1.807, 2.05) is 26.0 Å². The van der Waals surface area contributed by atoms with Crippen LogP contribution >= 0.6 is 0 Å². The highest BCUT2D eigenvalue weighted by atomic mass is 32.2. The summed E-state index contributed by atoms with van der Waals surface area (Å²) in [6.45, 7) is 3.72. The van der Waals surface area contributed by atoms with Crippen molar-refractivity contribution in [2.24, 2.45) is 0 Å². The maximum absolute atomic E-state index is 12.3. The lowest BCUT2D eigenvalue weighted by Crippen LogP contribution is -2.41. The number of amides is 2. The lowest BCUT2D eigenvalue weighted by atomic mass is 9.99. The van der Waals surface area contributed by atoms with Crippen LogP contribution in [0.4, 0.5) is 0 Å². The summed E-state index contributed by atoms with van der Waals surface area (Å²) < 4.78 is 25.4. The summed E-state index contributed by atoms with van der Waals surface area (Å²) >= 11 is 0. The third kappa shape index (κ3) is 5.74. The Hall–Kier alpha value is -3.04. The standard InChI is InChI=1S/C21H25N3O5S/c1-14-8-9-15(2)18(12-14)19(25)10-11-20(26)22-23-21(27)16-6-5-7-17(13-16)30(28,29)24(3)4/h5-9,12-13H,10-11H2,1-4H3,(H,22,26)(H,23,27). The van der Waals surface area contributed by atoms with Crippen molar-refractivity contribution in [1.29, 1.82) is 0 Å². The Balaban J connectivity index is 1.93. The molecule has 2 N–H and O–H groups in total. The Morgan fingerprint density at radius 2 is 1.63 bits per heavy atom. The summed E-state index contributed by atoms with van der Waals surface area (Å²) in [6.07, 6.45) is -0.0932. The van der Waals surface area contributed by atoms with Gasteiger partial charge in [0, 0.05) is 38.1 Å². The number of ketones is 1. The molecule has 9 heteroatoms. The van der Waals surface area contributed by atoms with Gasteiger partial charge in [-0.2, -0.15) is 0 Å². The first kappa shape index (κ1) is 23.2. The number of Topliss-reactive ketones (excluding diaryl/α,β-unsaturated/α-hetero) is 1. The van der Waals surface area contributed by atoms with Crippen LogP contribution in [0.5, 0.6) is 0 Å². The van der Waals surface area contributed by atoms with Crippen LogP contribution < -0.4 is 10.9 Å². The topological polar surface area (TPSA) is 113 Å². The van der Waals surface area contributed by atoms with Crippen molar-refractivity contribution in [3.63, 3.8) is 0 Å². The van der Waals surface area contributed by atoms with Gasteiger partial charge in [-0.3, -0.25) is 25.2 Å². The molecule has 0 bridgehead atoms.